The number of benzene rings is 3. The van der Waals surface area contributed by atoms with Crippen LogP contribution in [0.3, 0.4) is 0 Å². The van der Waals surface area contributed by atoms with E-state index in [1.165, 1.54) is 5.56 Å². The van der Waals surface area contributed by atoms with Crippen LogP contribution in [-0.4, -0.2) is 40.7 Å². The Morgan fingerprint density at radius 1 is 0.946 bits per heavy atom. The number of fused-ring (bicyclic) bond motifs is 2. The Kier molecular flexibility index (Phi) is 6.64. The van der Waals surface area contributed by atoms with Gasteiger partial charge in [-0.25, -0.2) is 9.97 Å². The van der Waals surface area contributed by atoms with E-state index in [1.807, 2.05) is 55.5 Å². The second kappa shape index (κ2) is 10.2. The summed E-state index contributed by atoms with van der Waals surface area (Å²) in [6, 6.07) is 23.1. The number of aromatic nitrogens is 3. The van der Waals surface area contributed by atoms with Gasteiger partial charge in [-0.15, -0.1) is 0 Å². The summed E-state index contributed by atoms with van der Waals surface area (Å²) in [6.07, 6.45) is 1.65. The molecule has 0 fully saturated rings. The number of para-hydroxylation sites is 2. The van der Waals surface area contributed by atoms with E-state index in [-0.39, 0.29) is 17.8 Å². The molecule has 37 heavy (non-hydrogen) atoms. The summed E-state index contributed by atoms with van der Waals surface area (Å²) >= 11 is 0. The molecule has 0 bridgehead atoms. The van der Waals surface area contributed by atoms with Gasteiger partial charge in [0.2, 0.25) is 0 Å². The van der Waals surface area contributed by atoms with Crippen molar-refractivity contribution in [3.05, 3.63) is 83.9 Å². The number of hydrogen-bond donors (Lipinski definition) is 2. The third-order valence-electron chi connectivity index (χ3n) is 6.44. The Morgan fingerprint density at radius 2 is 1.62 bits per heavy atom. The fraction of sp³-hybridized carbons (Fsp3) is 0.207. The highest BCUT2D eigenvalue weighted by Gasteiger charge is 2.26. The van der Waals surface area contributed by atoms with E-state index in [2.05, 4.69) is 17.4 Å². The number of nitrogen functional groups attached to an aromatic ring is 1. The van der Waals surface area contributed by atoms with Gasteiger partial charge in [0.1, 0.15) is 16.9 Å². The third kappa shape index (κ3) is 4.65. The van der Waals surface area contributed by atoms with E-state index in [1.54, 1.807) is 30.9 Å². The van der Waals surface area contributed by atoms with Crippen LogP contribution < -0.4 is 20.5 Å². The van der Waals surface area contributed by atoms with Crippen molar-refractivity contribution in [3.8, 4) is 17.2 Å². The topological polar surface area (TPSA) is 104 Å². The Balaban J connectivity index is 1.57. The minimum Gasteiger partial charge on any atom is -0.493 e. The number of rotatable bonds is 8. The maximum absolute atomic E-state index is 13.6. The predicted octanol–water partition coefficient (Wildman–Crippen LogP) is 4.92. The highest BCUT2D eigenvalue weighted by molar-refractivity contribution is 6.11. The van der Waals surface area contributed by atoms with E-state index in [4.69, 9.17) is 25.2 Å². The largest absolute Gasteiger partial charge is 0.493 e. The van der Waals surface area contributed by atoms with Gasteiger partial charge in [-0.3, -0.25) is 9.36 Å². The highest BCUT2D eigenvalue weighted by Crippen LogP contribution is 2.35. The molecule has 8 heteroatoms. The Morgan fingerprint density at radius 3 is 2.32 bits per heavy atom. The zero-order chi connectivity index (χ0) is 25.9. The Labute approximate surface area is 215 Å². The number of nitrogens with two attached hydrogens (primary N) is 1. The molecule has 0 saturated carbocycles. The lowest BCUT2D eigenvalue weighted by Crippen LogP contribution is -2.33. The first-order valence-corrected chi connectivity index (χ1v) is 12.1. The first-order valence-electron chi connectivity index (χ1n) is 12.1. The number of methoxy groups -OCH3 is 2. The second-order valence-electron chi connectivity index (χ2n) is 8.92. The molecule has 5 aromatic rings. The Hall–Kier alpha value is -4.59. The molecule has 3 N–H and O–H groups in total. The van der Waals surface area contributed by atoms with Crippen molar-refractivity contribution < 1.29 is 14.3 Å². The SMILES string of the molecule is COc1ccc(-n2c(N)c(C(=O)NC(C)CCc3ccccc3)c3nc4ccccc4nc32)cc1OC. The summed E-state index contributed by atoms with van der Waals surface area (Å²) in [7, 11) is 3.15. The van der Waals surface area contributed by atoms with Gasteiger partial charge in [-0.05, 0) is 49.6 Å². The molecule has 3 aromatic carbocycles. The van der Waals surface area contributed by atoms with Crippen molar-refractivity contribution in [2.75, 3.05) is 20.0 Å². The molecule has 0 radical (unpaired) electrons. The summed E-state index contributed by atoms with van der Waals surface area (Å²) in [5.74, 6) is 1.09. The molecular weight excluding hydrogens is 466 g/mol. The predicted molar refractivity (Wildman–Crippen MR) is 146 cm³/mol. The van der Waals surface area contributed by atoms with E-state index >= 15 is 0 Å². The molecular formula is C29H29N5O3. The van der Waals surface area contributed by atoms with Gasteiger partial charge in [-0.2, -0.15) is 0 Å². The first-order chi connectivity index (χ1) is 18.0. The van der Waals surface area contributed by atoms with Gasteiger partial charge < -0.3 is 20.5 Å². The highest BCUT2D eigenvalue weighted by atomic mass is 16.5. The van der Waals surface area contributed by atoms with Crippen LogP contribution in [0.15, 0.2) is 72.8 Å². The molecule has 2 aromatic heterocycles. The van der Waals surface area contributed by atoms with Crippen molar-refractivity contribution in [3.63, 3.8) is 0 Å². The maximum Gasteiger partial charge on any atom is 0.257 e. The van der Waals surface area contributed by atoms with E-state index in [0.29, 0.717) is 44.9 Å². The van der Waals surface area contributed by atoms with E-state index in [9.17, 15) is 4.79 Å². The average molecular weight is 496 g/mol. The number of nitrogens with zero attached hydrogens (tertiary/aromatic N) is 3. The average Bonchev–Trinajstić information content (AvgIpc) is 3.21. The van der Waals surface area contributed by atoms with E-state index < -0.39 is 0 Å². The smallest absolute Gasteiger partial charge is 0.257 e. The van der Waals surface area contributed by atoms with Crippen molar-refractivity contribution in [1.82, 2.24) is 19.9 Å². The fourth-order valence-electron chi connectivity index (χ4n) is 4.51. The quantitative estimate of drug-likeness (QED) is 0.317. The van der Waals surface area contributed by atoms with Crippen LogP contribution in [0, 0.1) is 0 Å². The monoisotopic (exact) mass is 495 g/mol. The molecule has 188 valence electrons. The molecule has 1 unspecified atom stereocenters. The van der Waals surface area contributed by atoms with Crippen LogP contribution in [0.4, 0.5) is 5.82 Å². The van der Waals surface area contributed by atoms with E-state index in [0.717, 1.165) is 12.8 Å². The summed E-state index contributed by atoms with van der Waals surface area (Å²) < 4.78 is 12.6. The molecule has 8 nitrogen and oxygen atoms in total. The number of amides is 1. The van der Waals surface area contributed by atoms with Crippen LogP contribution in [0.2, 0.25) is 0 Å². The van der Waals surface area contributed by atoms with Gasteiger partial charge in [-0.1, -0.05) is 42.5 Å². The number of anilines is 1. The van der Waals surface area contributed by atoms with Gasteiger partial charge in [0, 0.05) is 12.1 Å². The number of ether oxygens (including phenoxy) is 2. The van der Waals surface area contributed by atoms with Crippen LogP contribution in [-0.2, 0) is 6.42 Å². The number of carbonyl (C=O) groups is 1. The zero-order valence-corrected chi connectivity index (χ0v) is 21.1. The summed E-state index contributed by atoms with van der Waals surface area (Å²) in [5.41, 5.74) is 11.2. The molecule has 1 amide bonds. The maximum atomic E-state index is 13.6. The van der Waals surface area contributed by atoms with Gasteiger partial charge >= 0.3 is 0 Å². The van der Waals surface area contributed by atoms with Crippen LogP contribution in [0.5, 0.6) is 11.5 Å². The lowest BCUT2D eigenvalue weighted by atomic mass is 10.1. The zero-order valence-electron chi connectivity index (χ0n) is 21.1. The van der Waals surface area contributed by atoms with Gasteiger partial charge in [0.15, 0.2) is 17.1 Å². The molecule has 2 heterocycles. The van der Waals surface area contributed by atoms with Crippen LogP contribution >= 0.6 is 0 Å². The van der Waals surface area contributed by atoms with Crippen molar-refractivity contribution >= 4 is 33.9 Å². The molecule has 5 rings (SSSR count). The summed E-state index contributed by atoms with van der Waals surface area (Å²) in [6.45, 7) is 1.99. The van der Waals surface area contributed by atoms with Gasteiger partial charge in [0.25, 0.3) is 5.91 Å². The molecule has 0 saturated heterocycles. The minimum absolute atomic E-state index is 0.0694. The molecule has 1 atom stereocenters. The second-order valence-corrected chi connectivity index (χ2v) is 8.92. The molecule has 0 aliphatic carbocycles. The number of aryl methyl sites for hydroxylation is 1. The fourth-order valence-corrected chi connectivity index (χ4v) is 4.51. The van der Waals surface area contributed by atoms with Crippen molar-refractivity contribution in [2.45, 2.75) is 25.8 Å². The molecule has 0 spiro atoms. The van der Waals surface area contributed by atoms with Crippen LogP contribution in [0.1, 0.15) is 29.3 Å². The van der Waals surface area contributed by atoms with Crippen molar-refractivity contribution in [2.24, 2.45) is 0 Å². The number of carbonyl (C=O) groups excluding carboxylic acids is 1. The standard InChI is InChI=1S/C29H29N5O3/c1-18(13-14-19-9-5-4-6-10-19)31-29(35)25-26-28(33-22-12-8-7-11-21(22)32-26)34(27(25)30)20-15-16-23(36-2)24(17-20)37-3/h4-12,15-18H,13-14,30H2,1-3H3,(H,31,35). The summed E-state index contributed by atoms with van der Waals surface area (Å²) in [5, 5.41) is 3.11. The summed E-state index contributed by atoms with van der Waals surface area (Å²) in [4.78, 5) is 23.2. The number of nitrogens with one attached hydrogen (secondary N) is 1. The number of hydrogen-bond acceptors (Lipinski definition) is 6. The van der Waals surface area contributed by atoms with Crippen LogP contribution in [0.25, 0.3) is 27.9 Å². The minimum atomic E-state index is -0.285. The van der Waals surface area contributed by atoms with Gasteiger partial charge in [0.05, 0.1) is 30.9 Å². The third-order valence-corrected chi connectivity index (χ3v) is 6.44. The first kappa shape index (κ1) is 24.1. The lowest BCUT2D eigenvalue weighted by molar-refractivity contribution is 0.0941. The lowest BCUT2D eigenvalue weighted by Gasteiger charge is -2.14. The van der Waals surface area contributed by atoms with Crippen molar-refractivity contribution in [1.29, 1.82) is 0 Å². The molecule has 0 aliphatic heterocycles. The molecule has 0 aliphatic rings. The Bertz CT molecular complexity index is 1580. The normalized spacial score (nSPS) is 12.0.